The number of halogens is 1. The smallest absolute Gasteiger partial charge is 0.123 e. The lowest BCUT2D eigenvalue weighted by Gasteiger charge is -2.25. The summed E-state index contributed by atoms with van der Waals surface area (Å²) < 4.78 is 12.9. The quantitative estimate of drug-likeness (QED) is 0.793. The van der Waals surface area contributed by atoms with Crippen molar-refractivity contribution in [3.8, 4) is 0 Å². The van der Waals surface area contributed by atoms with Gasteiger partial charge in [0.2, 0.25) is 0 Å². The third-order valence-corrected chi connectivity index (χ3v) is 4.21. The molecule has 2 fully saturated rings. The molecule has 18 heavy (non-hydrogen) atoms. The molecular formula is C15H21FN2. The van der Waals surface area contributed by atoms with Crippen molar-refractivity contribution in [2.45, 2.75) is 31.8 Å². The van der Waals surface area contributed by atoms with Gasteiger partial charge in [-0.3, -0.25) is 9.80 Å². The van der Waals surface area contributed by atoms with Crippen molar-refractivity contribution in [2.75, 3.05) is 26.2 Å². The van der Waals surface area contributed by atoms with Gasteiger partial charge >= 0.3 is 0 Å². The zero-order valence-electron chi connectivity index (χ0n) is 10.8. The van der Waals surface area contributed by atoms with E-state index < -0.39 is 0 Å². The predicted octanol–water partition coefficient (Wildman–Crippen LogP) is 2.50. The van der Waals surface area contributed by atoms with E-state index in [0.717, 1.165) is 12.6 Å². The van der Waals surface area contributed by atoms with Gasteiger partial charge in [-0.05, 0) is 56.6 Å². The number of hydrogen-bond acceptors (Lipinski definition) is 2. The minimum atomic E-state index is -0.142. The number of fused-ring (bicyclic) bond motifs is 1. The van der Waals surface area contributed by atoms with E-state index in [-0.39, 0.29) is 5.82 Å². The van der Waals surface area contributed by atoms with Crippen molar-refractivity contribution >= 4 is 0 Å². The van der Waals surface area contributed by atoms with Gasteiger partial charge in [-0.15, -0.1) is 0 Å². The van der Waals surface area contributed by atoms with Crippen molar-refractivity contribution in [3.63, 3.8) is 0 Å². The normalized spacial score (nSPS) is 25.9. The third kappa shape index (κ3) is 2.73. The van der Waals surface area contributed by atoms with E-state index in [2.05, 4.69) is 9.80 Å². The Morgan fingerprint density at radius 1 is 1.06 bits per heavy atom. The minimum absolute atomic E-state index is 0.142. The Morgan fingerprint density at radius 2 is 1.83 bits per heavy atom. The fourth-order valence-electron chi connectivity index (χ4n) is 3.27. The van der Waals surface area contributed by atoms with Crippen LogP contribution in [0.1, 0.15) is 24.8 Å². The molecule has 2 heterocycles. The Kier molecular flexibility index (Phi) is 3.62. The van der Waals surface area contributed by atoms with Gasteiger partial charge in [0.25, 0.3) is 0 Å². The van der Waals surface area contributed by atoms with Crippen LogP contribution in [0, 0.1) is 5.82 Å². The molecule has 1 unspecified atom stereocenters. The topological polar surface area (TPSA) is 6.48 Å². The van der Waals surface area contributed by atoms with Crippen molar-refractivity contribution in [3.05, 3.63) is 35.6 Å². The Morgan fingerprint density at radius 3 is 2.67 bits per heavy atom. The number of nitrogens with zero attached hydrogens (tertiary/aromatic N) is 2. The Hall–Kier alpha value is -0.930. The van der Waals surface area contributed by atoms with Crippen molar-refractivity contribution in [1.82, 2.24) is 9.80 Å². The minimum Gasteiger partial charge on any atom is -0.299 e. The van der Waals surface area contributed by atoms with Gasteiger partial charge < -0.3 is 0 Å². The molecule has 0 aromatic heterocycles. The van der Waals surface area contributed by atoms with Crippen LogP contribution in [-0.4, -0.2) is 42.0 Å². The molecule has 0 radical (unpaired) electrons. The zero-order chi connectivity index (χ0) is 12.4. The molecule has 0 aliphatic carbocycles. The van der Waals surface area contributed by atoms with E-state index in [1.54, 1.807) is 12.1 Å². The third-order valence-electron chi connectivity index (χ3n) is 4.21. The summed E-state index contributed by atoms with van der Waals surface area (Å²) >= 11 is 0. The molecule has 2 aliphatic rings. The maximum Gasteiger partial charge on any atom is 0.123 e. The SMILES string of the molecule is Fc1ccc(CN2CCCN3CCCC3C2)cc1. The van der Waals surface area contributed by atoms with Crippen LogP contribution in [0.5, 0.6) is 0 Å². The average Bonchev–Trinajstić information content (AvgIpc) is 2.71. The molecule has 0 bridgehead atoms. The molecule has 0 N–H and O–H groups in total. The molecule has 2 nitrogen and oxygen atoms in total. The first kappa shape index (κ1) is 12.1. The molecule has 3 heteroatoms. The van der Waals surface area contributed by atoms with E-state index in [0.29, 0.717) is 0 Å². The highest BCUT2D eigenvalue weighted by Gasteiger charge is 2.28. The van der Waals surface area contributed by atoms with E-state index >= 15 is 0 Å². The van der Waals surface area contributed by atoms with E-state index in [4.69, 9.17) is 0 Å². The van der Waals surface area contributed by atoms with Crippen LogP contribution in [-0.2, 0) is 6.54 Å². The first-order valence-electron chi connectivity index (χ1n) is 7.02. The first-order chi connectivity index (χ1) is 8.81. The van der Waals surface area contributed by atoms with Gasteiger partial charge in [0, 0.05) is 19.1 Å². The van der Waals surface area contributed by atoms with E-state index in [1.807, 2.05) is 12.1 Å². The average molecular weight is 248 g/mol. The van der Waals surface area contributed by atoms with Gasteiger partial charge in [-0.1, -0.05) is 12.1 Å². The van der Waals surface area contributed by atoms with Crippen LogP contribution in [0.2, 0.25) is 0 Å². The Bertz CT molecular complexity index is 390. The van der Waals surface area contributed by atoms with E-state index in [1.165, 1.54) is 51.0 Å². The summed E-state index contributed by atoms with van der Waals surface area (Å²) in [6.07, 6.45) is 3.96. The summed E-state index contributed by atoms with van der Waals surface area (Å²) in [4.78, 5) is 5.17. The van der Waals surface area contributed by atoms with Crippen molar-refractivity contribution < 1.29 is 4.39 Å². The highest BCUT2D eigenvalue weighted by atomic mass is 19.1. The lowest BCUT2D eigenvalue weighted by Crippen LogP contribution is -2.36. The molecule has 98 valence electrons. The van der Waals surface area contributed by atoms with Crippen molar-refractivity contribution in [2.24, 2.45) is 0 Å². The number of hydrogen-bond donors (Lipinski definition) is 0. The molecule has 0 spiro atoms. The van der Waals surface area contributed by atoms with Gasteiger partial charge in [0.05, 0.1) is 0 Å². The highest BCUT2D eigenvalue weighted by Crippen LogP contribution is 2.22. The molecule has 1 aromatic rings. The summed E-state index contributed by atoms with van der Waals surface area (Å²) in [6.45, 7) is 5.85. The van der Waals surface area contributed by atoms with Gasteiger partial charge in [0.15, 0.2) is 0 Å². The molecule has 2 aliphatic heterocycles. The maximum atomic E-state index is 12.9. The second-order valence-corrected chi connectivity index (χ2v) is 5.55. The van der Waals surface area contributed by atoms with Crippen LogP contribution in [0.4, 0.5) is 4.39 Å². The van der Waals surface area contributed by atoms with Crippen LogP contribution < -0.4 is 0 Å². The second-order valence-electron chi connectivity index (χ2n) is 5.55. The monoisotopic (exact) mass is 248 g/mol. The van der Waals surface area contributed by atoms with E-state index in [9.17, 15) is 4.39 Å². The van der Waals surface area contributed by atoms with Gasteiger partial charge in [0.1, 0.15) is 5.82 Å². The number of rotatable bonds is 2. The Labute approximate surface area is 108 Å². The molecule has 2 saturated heterocycles. The standard InChI is InChI=1S/C15H21FN2/c16-14-6-4-13(5-7-14)11-17-8-2-10-18-9-1-3-15(18)12-17/h4-7,15H,1-3,8-12H2. The molecule has 3 rings (SSSR count). The Balaban J connectivity index is 1.63. The number of benzene rings is 1. The second kappa shape index (κ2) is 5.37. The zero-order valence-corrected chi connectivity index (χ0v) is 10.8. The van der Waals surface area contributed by atoms with Gasteiger partial charge in [-0.2, -0.15) is 0 Å². The summed E-state index contributed by atoms with van der Waals surface area (Å²) in [5.41, 5.74) is 1.22. The van der Waals surface area contributed by atoms with Gasteiger partial charge in [-0.25, -0.2) is 4.39 Å². The van der Waals surface area contributed by atoms with Crippen LogP contribution in [0.3, 0.4) is 0 Å². The maximum absolute atomic E-state index is 12.9. The molecular weight excluding hydrogens is 227 g/mol. The predicted molar refractivity (Wildman–Crippen MR) is 70.9 cm³/mol. The summed E-state index contributed by atoms with van der Waals surface area (Å²) in [5, 5.41) is 0. The largest absolute Gasteiger partial charge is 0.299 e. The van der Waals surface area contributed by atoms with Crippen LogP contribution in [0.15, 0.2) is 24.3 Å². The first-order valence-corrected chi connectivity index (χ1v) is 7.02. The highest BCUT2D eigenvalue weighted by molar-refractivity contribution is 5.16. The van der Waals surface area contributed by atoms with Crippen LogP contribution in [0.25, 0.3) is 0 Å². The lowest BCUT2D eigenvalue weighted by molar-refractivity contribution is 0.215. The molecule has 0 saturated carbocycles. The summed E-state index contributed by atoms with van der Waals surface area (Å²) in [6, 6.07) is 7.71. The summed E-state index contributed by atoms with van der Waals surface area (Å²) in [5.74, 6) is -0.142. The van der Waals surface area contributed by atoms with Crippen LogP contribution >= 0.6 is 0 Å². The molecule has 0 amide bonds. The lowest BCUT2D eigenvalue weighted by atomic mass is 10.1. The summed E-state index contributed by atoms with van der Waals surface area (Å²) in [7, 11) is 0. The fraction of sp³-hybridized carbons (Fsp3) is 0.600. The molecule has 1 atom stereocenters. The van der Waals surface area contributed by atoms with Crippen molar-refractivity contribution in [1.29, 1.82) is 0 Å². The molecule has 1 aromatic carbocycles. The fourth-order valence-corrected chi connectivity index (χ4v) is 3.27.